The van der Waals surface area contributed by atoms with Gasteiger partial charge >= 0.3 is 0 Å². The smallest absolute Gasteiger partial charge is 0.273 e. The van der Waals surface area contributed by atoms with Crippen LogP contribution in [0.15, 0.2) is 33.4 Å². The van der Waals surface area contributed by atoms with E-state index >= 15 is 0 Å². The number of amides is 2. The molecule has 0 radical (unpaired) electrons. The van der Waals surface area contributed by atoms with Crippen molar-refractivity contribution >= 4 is 11.8 Å². The number of nitrogens with one attached hydrogen (secondary N) is 1. The summed E-state index contributed by atoms with van der Waals surface area (Å²) in [7, 11) is 0. The van der Waals surface area contributed by atoms with E-state index in [9.17, 15) is 9.59 Å². The Bertz CT molecular complexity index is 776. The van der Waals surface area contributed by atoms with E-state index in [4.69, 9.17) is 8.94 Å². The first-order chi connectivity index (χ1) is 14.0. The molecule has 0 atom stereocenters. The van der Waals surface area contributed by atoms with Crippen LogP contribution in [-0.4, -0.2) is 28.4 Å². The first-order valence-corrected chi connectivity index (χ1v) is 10.5. The van der Waals surface area contributed by atoms with Gasteiger partial charge in [0.25, 0.3) is 5.91 Å². The first kappa shape index (κ1) is 21.1. The fourth-order valence-corrected chi connectivity index (χ4v) is 3.68. The molecule has 3 rings (SSSR count). The molecule has 0 aliphatic heterocycles. The van der Waals surface area contributed by atoms with E-state index in [0.717, 1.165) is 6.42 Å². The molecule has 2 aromatic heterocycles. The molecule has 2 amide bonds. The standard InChI is InChI=1S/C22H31N3O4/c1-16(2)13-23-22(27)20-12-19(29-24-20)15-25(14-18-8-5-11-28-18)21(26)10-9-17-6-3-4-7-17/h5,8,11-12,16-17H,3-4,6-7,9-10,13-15H2,1-2H3,(H,23,27). The molecule has 158 valence electrons. The van der Waals surface area contributed by atoms with Crippen LogP contribution in [0.2, 0.25) is 0 Å². The minimum atomic E-state index is -0.265. The van der Waals surface area contributed by atoms with Crippen LogP contribution in [0.3, 0.4) is 0 Å². The molecule has 7 nitrogen and oxygen atoms in total. The lowest BCUT2D eigenvalue weighted by Crippen LogP contribution is -2.30. The van der Waals surface area contributed by atoms with Crippen LogP contribution in [0.5, 0.6) is 0 Å². The lowest BCUT2D eigenvalue weighted by atomic mass is 10.0. The lowest BCUT2D eigenvalue weighted by molar-refractivity contribution is -0.133. The van der Waals surface area contributed by atoms with Gasteiger partial charge in [0, 0.05) is 19.0 Å². The summed E-state index contributed by atoms with van der Waals surface area (Å²) >= 11 is 0. The Kier molecular flexibility index (Phi) is 7.49. The van der Waals surface area contributed by atoms with Crippen molar-refractivity contribution in [2.75, 3.05) is 6.54 Å². The fourth-order valence-electron chi connectivity index (χ4n) is 3.68. The third-order valence-corrected chi connectivity index (χ3v) is 5.33. The third kappa shape index (κ3) is 6.48. The molecular weight excluding hydrogens is 370 g/mol. The van der Waals surface area contributed by atoms with Gasteiger partial charge in [0.05, 0.1) is 19.4 Å². The van der Waals surface area contributed by atoms with Gasteiger partial charge in [-0.2, -0.15) is 0 Å². The lowest BCUT2D eigenvalue weighted by Gasteiger charge is -2.21. The van der Waals surface area contributed by atoms with Gasteiger partial charge in [0.15, 0.2) is 11.5 Å². The van der Waals surface area contributed by atoms with Gasteiger partial charge in [-0.1, -0.05) is 44.7 Å². The van der Waals surface area contributed by atoms with E-state index in [2.05, 4.69) is 10.5 Å². The minimum absolute atomic E-state index is 0.0653. The number of rotatable bonds is 10. The summed E-state index contributed by atoms with van der Waals surface area (Å²) in [4.78, 5) is 26.8. The predicted octanol–water partition coefficient (Wildman–Crippen LogP) is 4.15. The van der Waals surface area contributed by atoms with Crippen LogP contribution in [-0.2, 0) is 17.9 Å². The van der Waals surface area contributed by atoms with Crippen LogP contribution < -0.4 is 5.32 Å². The molecule has 29 heavy (non-hydrogen) atoms. The molecule has 2 heterocycles. The Hall–Kier alpha value is -2.57. The predicted molar refractivity (Wildman–Crippen MR) is 108 cm³/mol. The normalized spacial score (nSPS) is 14.4. The van der Waals surface area contributed by atoms with E-state index < -0.39 is 0 Å². The average Bonchev–Trinajstić information content (AvgIpc) is 3.46. The van der Waals surface area contributed by atoms with E-state index in [1.54, 1.807) is 17.2 Å². The molecule has 1 N–H and O–H groups in total. The molecule has 0 aromatic carbocycles. The zero-order valence-electron chi connectivity index (χ0n) is 17.4. The molecule has 0 bridgehead atoms. The highest BCUT2D eigenvalue weighted by Gasteiger charge is 2.22. The van der Waals surface area contributed by atoms with Crippen molar-refractivity contribution in [3.63, 3.8) is 0 Å². The summed E-state index contributed by atoms with van der Waals surface area (Å²) in [5, 5.41) is 6.68. The van der Waals surface area contributed by atoms with Crippen LogP contribution in [0, 0.1) is 11.8 Å². The average molecular weight is 402 g/mol. The summed E-state index contributed by atoms with van der Waals surface area (Å²) < 4.78 is 10.8. The summed E-state index contributed by atoms with van der Waals surface area (Å²) in [6.45, 7) is 5.25. The van der Waals surface area contributed by atoms with Gasteiger partial charge in [-0.15, -0.1) is 0 Å². The molecule has 1 fully saturated rings. The summed E-state index contributed by atoms with van der Waals surface area (Å²) in [6, 6.07) is 5.26. The van der Waals surface area contributed by atoms with Crippen molar-refractivity contribution in [3.8, 4) is 0 Å². The SMILES string of the molecule is CC(C)CNC(=O)c1cc(CN(Cc2ccco2)C(=O)CCC2CCCC2)on1. The quantitative estimate of drug-likeness (QED) is 0.646. The first-order valence-electron chi connectivity index (χ1n) is 10.5. The van der Waals surface area contributed by atoms with Crippen LogP contribution in [0.25, 0.3) is 0 Å². The highest BCUT2D eigenvalue weighted by Crippen LogP contribution is 2.29. The molecule has 0 unspecified atom stereocenters. The van der Waals surface area contributed by atoms with Gasteiger partial charge in [0.1, 0.15) is 5.76 Å². The number of furan rings is 1. The van der Waals surface area contributed by atoms with Crippen molar-refractivity contribution in [2.45, 2.75) is 65.5 Å². The van der Waals surface area contributed by atoms with Crippen LogP contribution in [0.4, 0.5) is 0 Å². The van der Waals surface area contributed by atoms with Gasteiger partial charge < -0.3 is 19.2 Å². The number of nitrogens with zero attached hydrogens (tertiary/aromatic N) is 2. The number of carbonyl (C=O) groups excluding carboxylic acids is 2. The van der Waals surface area contributed by atoms with Crippen molar-refractivity contribution in [1.82, 2.24) is 15.4 Å². The molecule has 0 saturated heterocycles. The second-order valence-electron chi connectivity index (χ2n) is 8.30. The Balaban J connectivity index is 1.61. The Morgan fingerprint density at radius 1 is 1.24 bits per heavy atom. The van der Waals surface area contributed by atoms with Crippen molar-refractivity contribution in [2.24, 2.45) is 11.8 Å². The zero-order valence-corrected chi connectivity index (χ0v) is 17.4. The molecule has 1 saturated carbocycles. The Morgan fingerprint density at radius 3 is 2.69 bits per heavy atom. The molecule has 0 spiro atoms. The number of carbonyl (C=O) groups is 2. The van der Waals surface area contributed by atoms with Crippen molar-refractivity contribution in [3.05, 3.63) is 41.7 Å². The van der Waals surface area contributed by atoms with Gasteiger partial charge in [-0.3, -0.25) is 9.59 Å². The van der Waals surface area contributed by atoms with Crippen molar-refractivity contribution < 1.29 is 18.5 Å². The Morgan fingerprint density at radius 2 is 2.00 bits per heavy atom. The molecular formula is C22H31N3O4. The zero-order chi connectivity index (χ0) is 20.6. The molecule has 7 heteroatoms. The van der Waals surface area contributed by atoms with E-state index in [0.29, 0.717) is 42.9 Å². The maximum Gasteiger partial charge on any atom is 0.273 e. The highest BCUT2D eigenvalue weighted by atomic mass is 16.5. The Labute approximate surface area is 171 Å². The maximum atomic E-state index is 12.9. The van der Waals surface area contributed by atoms with Crippen LogP contribution in [0.1, 0.15) is 74.4 Å². The fraction of sp³-hybridized carbons (Fsp3) is 0.591. The minimum Gasteiger partial charge on any atom is -0.467 e. The van der Waals surface area contributed by atoms with Crippen LogP contribution >= 0.6 is 0 Å². The van der Waals surface area contributed by atoms with E-state index in [1.807, 2.05) is 26.0 Å². The van der Waals surface area contributed by atoms with Gasteiger partial charge in [-0.05, 0) is 30.4 Å². The molecule has 1 aliphatic carbocycles. The van der Waals surface area contributed by atoms with E-state index in [-0.39, 0.29) is 24.1 Å². The number of hydrogen-bond acceptors (Lipinski definition) is 5. The van der Waals surface area contributed by atoms with Crippen molar-refractivity contribution in [1.29, 1.82) is 0 Å². The molecule has 1 aliphatic rings. The number of aromatic nitrogens is 1. The second-order valence-corrected chi connectivity index (χ2v) is 8.30. The number of hydrogen-bond donors (Lipinski definition) is 1. The van der Waals surface area contributed by atoms with Gasteiger partial charge in [0.2, 0.25) is 5.91 Å². The maximum absolute atomic E-state index is 12.9. The largest absolute Gasteiger partial charge is 0.467 e. The molecule has 2 aromatic rings. The monoisotopic (exact) mass is 401 g/mol. The summed E-state index contributed by atoms with van der Waals surface area (Å²) in [5.41, 5.74) is 0.233. The highest BCUT2D eigenvalue weighted by molar-refractivity contribution is 5.92. The topological polar surface area (TPSA) is 88.6 Å². The van der Waals surface area contributed by atoms with E-state index in [1.165, 1.54) is 25.7 Å². The summed E-state index contributed by atoms with van der Waals surface area (Å²) in [6.07, 6.45) is 8.03. The second kappa shape index (κ2) is 10.3. The summed E-state index contributed by atoms with van der Waals surface area (Å²) in [5.74, 6) is 2.01. The van der Waals surface area contributed by atoms with Gasteiger partial charge in [-0.25, -0.2) is 0 Å². The third-order valence-electron chi connectivity index (χ3n) is 5.33.